The molecule has 0 aliphatic heterocycles. The fourth-order valence-electron chi connectivity index (χ4n) is 2.77. The fourth-order valence-corrected chi connectivity index (χ4v) is 2.77. The van der Waals surface area contributed by atoms with Crippen molar-refractivity contribution < 1.29 is 0 Å². The third kappa shape index (κ3) is 1.37. The molecule has 1 aliphatic carbocycles. The van der Waals surface area contributed by atoms with E-state index < -0.39 is 0 Å². The summed E-state index contributed by atoms with van der Waals surface area (Å²) in [4.78, 5) is 0. The molecule has 0 N–H and O–H groups in total. The van der Waals surface area contributed by atoms with Gasteiger partial charge in [0.1, 0.15) is 0 Å². The van der Waals surface area contributed by atoms with Gasteiger partial charge in [0.2, 0.25) is 0 Å². The molecule has 0 nitrogen and oxygen atoms in total. The second-order valence-corrected chi connectivity index (χ2v) is 4.46. The normalized spacial score (nSPS) is 20.1. The van der Waals surface area contributed by atoms with Crippen LogP contribution in [0.4, 0.5) is 0 Å². The van der Waals surface area contributed by atoms with Crippen molar-refractivity contribution in [2.24, 2.45) is 0 Å². The third-order valence-electron chi connectivity index (χ3n) is 3.57. The number of benzene rings is 2. The summed E-state index contributed by atoms with van der Waals surface area (Å²) in [5.41, 5.74) is 4.67. The van der Waals surface area contributed by atoms with Gasteiger partial charge in [-0.15, -0.1) is 12.8 Å². The van der Waals surface area contributed by atoms with Crippen LogP contribution >= 0.6 is 0 Å². The lowest BCUT2D eigenvalue weighted by Gasteiger charge is -2.29. The van der Waals surface area contributed by atoms with Gasteiger partial charge in [0.05, 0.1) is 11.8 Å². The molecule has 0 heteroatoms. The molecule has 84 valence electrons. The minimum absolute atomic E-state index is 0.0157. The van der Waals surface area contributed by atoms with E-state index in [1.165, 1.54) is 22.3 Å². The maximum absolute atomic E-state index is 5.72. The van der Waals surface area contributed by atoms with Gasteiger partial charge in [0.25, 0.3) is 0 Å². The lowest BCUT2D eigenvalue weighted by atomic mass is 9.73. The Morgan fingerprint density at radius 1 is 0.611 bits per heavy atom. The van der Waals surface area contributed by atoms with Crippen molar-refractivity contribution in [3.05, 3.63) is 70.8 Å². The highest BCUT2D eigenvalue weighted by Gasteiger charge is 2.29. The lowest BCUT2D eigenvalue weighted by Crippen LogP contribution is -2.16. The maximum Gasteiger partial charge on any atom is 0.0705 e. The molecule has 0 heterocycles. The minimum Gasteiger partial charge on any atom is -0.119 e. The molecule has 0 unspecified atom stereocenters. The summed E-state index contributed by atoms with van der Waals surface area (Å²) >= 11 is 0. The molecule has 0 radical (unpaired) electrons. The third-order valence-corrected chi connectivity index (χ3v) is 3.57. The van der Waals surface area contributed by atoms with Gasteiger partial charge in [-0.25, -0.2) is 0 Å². The van der Waals surface area contributed by atoms with Gasteiger partial charge in [-0.2, -0.15) is 0 Å². The van der Waals surface area contributed by atoms with Crippen LogP contribution in [0.1, 0.15) is 34.1 Å². The van der Waals surface area contributed by atoms with Crippen LogP contribution in [-0.2, 0) is 0 Å². The van der Waals surface area contributed by atoms with Crippen molar-refractivity contribution in [3.63, 3.8) is 0 Å². The fraction of sp³-hybridized carbons (Fsp3) is 0.111. The van der Waals surface area contributed by atoms with Gasteiger partial charge in [-0.05, 0) is 22.3 Å². The summed E-state index contributed by atoms with van der Waals surface area (Å²) in [6.07, 6.45) is 11.4. The Morgan fingerprint density at radius 3 is 1.11 bits per heavy atom. The Bertz CT molecular complexity index is 572. The summed E-state index contributed by atoms with van der Waals surface area (Å²) in [5, 5.41) is 0. The predicted octanol–water partition coefficient (Wildman–Crippen LogP) is 3.53. The molecule has 0 bridgehead atoms. The molecule has 1 aliphatic rings. The summed E-state index contributed by atoms with van der Waals surface area (Å²) in [6, 6.07) is 16.4. The zero-order chi connectivity index (χ0) is 12.5. The molecule has 0 saturated heterocycles. The van der Waals surface area contributed by atoms with E-state index in [0.717, 1.165) is 0 Å². The first kappa shape index (κ1) is 10.7. The highest BCUT2D eigenvalue weighted by molar-refractivity contribution is 5.58. The average Bonchev–Trinajstić information content (AvgIpc) is 2.44. The van der Waals surface area contributed by atoms with Gasteiger partial charge >= 0.3 is 0 Å². The molecule has 0 aromatic heterocycles. The van der Waals surface area contributed by atoms with Crippen LogP contribution in [0.5, 0.6) is 0 Å². The Hall–Kier alpha value is -2.44. The Balaban J connectivity index is 2.33. The van der Waals surface area contributed by atoms with Crippen LogP contribution in [-0.4, -0.2) is 0 Å². The summed E-state index contributed by atoms with van der Waals surface area (Å²) in [5.74, 6) is 5.82. The average molecular weight is 228 g/mol. The van der Waals surface area contributed by atoms with Gasteiger partial charge in [-0.1, -0.05) is 60.4 Å². The topological polar surface area (TPSA) is 0 Å². The Morgan fingerprint density at radius 2 is 0.889 bits per heavy atom. The first-order chi connectivity index (χ1) is 8.86. The quantitative estimate of drug-likeness (QED) is 0.605. The number of fused-ring (bicyclic) bond motifs is 2. The van der Waals surface area contributed by atoms with Crippen LogP contribution in [0.15, 0.2) is 48.5 Å². The van der Waals surface area contributed by atoms with Crippen molar-refractivity contribution in [1.82, 2.24) is 0 Å². The van der Waals surface area contributed by atoms with Crippen LogP contribution in [0.3, 0.4) is 0 Å². The second-order valence-electron chi connectivity index (χ2n) is 4.46. The van der Waals surface area contributed by atoms with Crippen molar-refractivity contribution in [2.75, 3.05) is 0 Å². The smallest absolute Gasteiger partial charge is 0.0705 e. The van der Waals surface area contributed by atoms with Gasteiger partial charge < -0.3 is 0 Å². The predicted molar refractivity (Wildman–Crippen MR) is 74.2 cm³/mol. The van der Waals surface area contributed by atoms with E-state index in [1.54, 1.807) is 0 Å². The van der Waals surface area contributed by atoms with Gasteiger partial charge in [-0.3, -0.25) is 0 Å². The molecular weight excluding hydrogens is 216 g/mol. The van der Waals surface area contributed by atoms with Crippen molar-refractivity contribution in [1.29, 1.82) is 0 Å². The van der Waals surface area contributed by atoms with Crippen LogP contribution in [0.25, 0.3) is 0 Å². The molecule has 2 aromatic carbocycles. The van der Waals surface area contributed by atoms with E-state index in [1.807, 2.05) is 24.3 Å². The van der Waals surface area contributed by atoms with Gasteiger partial charge in [0.15, 0.2) is 0 Å². The largest absolute Gasteiger partial charge is 0.119 e. The monoisotopic (exact) mass is 228 g/mol. The number of terminal acetylenes is 2. The van der Waals surface area contributed by atoms with Crippen molar-refractivity contribution in [2.45, 2.75) is 11.8 Å². The highest BCUT2D eigenvalue weighted by Crippen LogP contribution is 2.42. The lowest BCUT2D eigenvalue weighted by molar-refractivity contribution is 0.888. The Kier molecular flexibility index (Phi) is 2.44. The van der Waals surface area contributed by atoms with Gasteiger partial charge in [0, 0.05) is 0 Å². The molecule has 0 amide bonds. The Labute approximate surface area is 108 Å². The summed E-state index contributed by atoms with van der Waals surface area (Å²) in [6.45, 7) is 0. The van der Waals surface area contributed by atoms with E-state index in [2.05, 4.69) is 36.1 Å². The van der Waals surface area contributed by atoms with Crippen LogP contribution in [0, 0.1) is 24.7 Å². The SMILES string of the molecule is C#CC1c2ccccc2C(C#C)c2ccccc21. The highest BCUT2D eigenvalue weighted by atomic mass is 14.3. The first-order valence-electron chi connectivity index (χ1n) is 5.96. The molecule has 2 aromatic rings. The zero-order valence-corrected chi connectivity index (χ0v) is 9.93. The van der Waals surface area contributed by atoms with Crippen LogP contribution < -0.4 is 0 Å². The maximum atomic E-state index is 5.72. The van der Waals surface area contributed by atoms with E-state index in [9.17, 15) is 0 Å². The second kappa shape index (κ2) is 4.10. The first-order valence-corrected chi connectivity index (χ1v) is 5.96. The number of hydrogen-bond donors (Lipinski definition) is 0. The van der Waals surface area contributed by atoms with E-state index in [0.29, 0.717) is 0 Å². The zero-order valence-electron chi connectivity index (χ0n) is 9.93. The molecule has 0 spiro atoms. The number of hydrogen-bond acceptors (Lipinski definition) is 0. The van der Waals surface area contributed by atoms with E-state index in [4.69, 9.17) is 12.8 Å². The molecular formula is C18H12. The van der Waals surface area contributed by atoms with Crippen LogP contribution in [0.2, 0.25) is 0 Å². The molecule has 0 atom stereocenters. The van der Waals surface area contributed by atoms with Crippen molar-refractivity contribution in [3.8, 4) is 24.7 Å². The number of rotatable bonds is 0. The van der Waals surface area contributed by atoms with E-state index >= 15 is 0 Å². The molecule has 0 saturated carbocycles. The summed E-state index contributed by atoms with van der Waals surface area (Å²) < 4.78 is 0. The van der Waals surface area contributed by atoms with Crippen molar-refractivity contribution >= 4 is 0 Å². The summed E-state index contributed by atoms with van der Waals surface area (Å²) in [7, 11) is 0. The molecule has 18 heavy (non-hydrogen) atoms. The standard InChI is InChI=1S/C18H12/c1-3-13-15-9-5-7-11-17(15)14(4-2)18-12-8-6-10-16(13)18/h1-2,5-14H. The molecule has 0 fully saturated rings. The van der Waals surface area contributed by atoms with E-state index in [-0.39, 0.29) is 11.8 Å². The minimum atomic E-state index is 0.0157. The molecule has 3 rings (SSSR count).